The Labute approximate surface area is 194 Å². The highest BCUT2D eigenvalue weighted by atomic mass is 79.9. The minimum Gasteiger partial charge on any atom is -0.484 e. The average Bonchev–Trinajstić information content (AvgIpc) is 2.73. The van der Waals surface area contributed by atoms with Crippen molar-refractivity contribution in [2.75, 3.05) is 13.2 Å². The van der Waals surface area contributed by atoms with Gasteiger partial charge in [-0.05, 0) is 69.4 Å². The second-order valence-electron chi connectivity index (χ2n) is 8.07. The molecule has 0 heterocycles. The van der Waals surface area contributed by atoms with Crippen LogP contribution in [0.1, 0.15) is 43.9 Å². The lowest BCUT2D eigenvalue weighted by molar-refractivity contribution is -0.142. The molecule has 5 nitrogen and oxygen atoms in total. The van der Waals surface area contributed by atoms with Gasteiger partial charge in [0.15, 0.2) is 6.61 Å². The summed E-state index contributed by atoms with van der Waals surface area (Å²) >= 11 is 3.55. The van der Waals surface area contributed by atoms with Gasteiger partial charge in [0, 0.05) is 17.1 Å². The SMILES string of the molecule is CC[C@H](C(=O)NC(C)C)N(CCc1ccccc1)C(=O)COc1cc(C)c(Br)c(C)c1. The predicted molar refractivity (Wildman–Crippen MR) is 128 cm³/mol. The van der Waals surface area contributed by atoms with Crippen molar-refractivity contribution in [3.63, 3.8) is 0 Å². The maximum atomic E-state index is 13.2. The normalized spacial score (nSPS) is 11.8. The van der Waals surface area contributed by atoms with Crippen LogP contribution < -0.4 is 10.1 Å². The van der Waals surface area contributed by atoms with Crippen LogP contribution in [0.25, 0.3) is 0 Å². The number of nitrogens with zero attached hydrogens (tertiary/aromatic N) is 1. The number of rotatable bonds is 10. The zero-order valence-electron chi connectivity index (χ0n) is 19.1. The van der Waals surface area contributed by atoms with E-state index in [9.17, 15) is 9.59 Å². The molecule has 0 aliphatic rings. The minimum atomic E-state index is -0.532. The Balaban J connectivity index is 2.16. The van der Waals surface area contributed by atoms with Crippen LogP contribution in [0, 0.1) is 13.8 Å². The number of carbonyl (C=O) groups is 2. The van der Waals surface area contributed by atoms with E-state index < -0.39 is 6.04 Å². The highest BCUT2D eigenvalue weighted by Crippen LogP contribution is 2.26. The van der Waals surface area contributed by atoms with Crippen LogP contribution in [0.4, 0.5) is 0 Å². The van der Waals surface area contributed by atoms with E-state index in [0.717, 1.165) is 21.2 Å². The van der Waals surface area contributed by atoms with E-state index in [1.54, 1.807) is 4.90 Å². The smallest absolute Gasteiger partial charge is 0.261 e. The standard InChI is InChI=1S/C25H33BrN2O3/c1-6-22(25(30)27-17(2)3)28(13-12-20-10-8-7-9-11-20)23(29)16-31-21-14-18(4)24(26)19(5)15-21/h7-11,14-15,17,22H,6,12-13,16H2,1-5H3,(H,27,30)/t22-/m1/s1. The molecule has 0 saturated carbocycles. The molecule has 0 unspecified atom stereocenters. The molecule has 6 heteroatoms. The third kappa shape index (κ3) is 7.39. The number of nitrogens with one attached hydrogen (secondary N) is 1. The largest absolute Gasteiger partial charge is 0.484 e. The minimum absolute atomic E-state index is 0.0117. The molecule has 2 amide bonds. The first-order valence-electron chi connectivity index (χ1n) is 10.8. The van der Waals surface area contributed by atoms with Crippen LogP contribution in [-0.4, -0.2) is 41.9 Å². The van der Waals surface area contributed by atoms with Crippen LogP contribution in [-0.2, 0) is 16.0 Å². The number of benzene rings is 2. The highest BCUT2D eigenvalue weighted by Gasteiger charge is 2.28. The molecule has 0 aliphatic heterocycles. The molecule has 0 radical (unpaired) electrons. The van der Waals surface area contributed by atoms with Gasteiger partial charge in [0.2, 0.25) is 5.91 Å². The molecule has 0 fully saturated rings. The summed E-state index contributed by atoms with van der Waals surface area (Å²) in [4.78, 5) is 27.6. The Morgan fingerprint density at radius 1 is 1.10 bits per heavy atom. The Kier molecular flexibility index (Phi) is 9.56. The van der Waals surface area contributed by atoms with Gasteiger partial charge in [0.1, 0.15) is 11.8 Å². The summed E-state index contributed by atoms with van der Waals surface area (Å²) in [5.41, 5.74) is 3.22. The second kappa shape index (κ2) is 11.9. The molecule has 0 aromatic heterocycles. The van der Waals surface area contributed by atoms with E-state index in [4.69, 9.17) is 4.74 Å². The quantitative estimate of drug-likeness (QED) is 0.521. The molecular formula is C25H33BrN2O3. The number of aryl methyl sites for hydroxylation is 2. The summed E-state index contributed by atoms with van der Waals surface area (Å²) in [6.07, 6.45) is 1.21. The van der Waals surface area contributed by atoms with Gasteiger partial charge in [-0.1, -0.05) is 53.2 Å². The number of ether oxygens (including phenoxy) is 1. The lowest BCUT2D eigenvalue weighted by Crippen LogP contribution is -2.52. The summed E-state index contributed by atoms with van der Waals surface area (Å²) in [6.45, 7) is 10.1. The van der Waals surface area contributed by atoms with Crippen LogP contribution in [0.15, 0.2) is 46.9 Å². The van der Waals surface area contributed by atoms with Gasteiger partial charge in [0.05, 0.1) is 0 Å². The first kappa shape index (κ1) is 24.9. The zero-order valence-corrected chi connectivity index (χ0v) is 20.7. The van der Waals surface area contributed by atoms with Crippen LogP contribution >= 0.6 is 15.9 Å². The highest BCUT2D eigenvalue weighted by molar-refractivity contribution is 9.10. The molecule has 2 aromatic rings. The molecule has 0 aliphatic carbocycles. The summed E-state index contributed by atoms with van der Waals surface area (Å²) in [5.74, 6) is 0.323. The van der Waals surface area contributed by atoms with E-state index in [-0.39, 0.29) is 24.5 Å². The molecule has 2 aromatic carbocycles. The van der Waals surface area contributed by atoms with Crippen molar-refractivity contribution in [2.24, 2.45) is 0 Å². The van der Waals surface area contributed by atoms with E-state index in [1.165, 1.54) is 0 Å². The summed E-state index contributed by atoms with van der Waals surface area (Å²) in [6, 6.07) is 13.3. The van der Waals surface area contributed by atoms with Crippen molar-refractivity contribution in [3.8, 4) is 5.75 Å². The van der Waals surface area contributed by atoms with E-state index >= 15 is 0 Å². The first-order valence-corrected chi connectivity index (χ1v) is 11.6. The number of carbonyl (C=O) groups excluding carboxylic acids is 2. The Bertz CT molecular complexity index is 861. The third-order valence-corrected chi connectivity index (χ3v) is 6.32. The topological polar surface area (TPSA) is 58.6 Å². The molecule has 1 N–H and O–H groups in total. The van der Waals surface area contributed by atoms with Crippen LogP contribution in [0.5, 0.6) is 5.75 Å². The van der Waals surface area contributed by atoms with Crippen molar-refractivity contribution in [1.29, 1.82) is 0 Å². The van der Waals surface area contributed by atoms with Crippen LogP contribution in [0.3, 0.4) is 0 Å². The lowest BCUT2D eigenvalue weighted by atomic mass is 10.1. The van der Waals surface area contributed by atoms with Crippen molar-refractivity contribution in [2.45, 2.75) is 59.5 Å². The number of amides is 2. The molecular weight excluding hydrogens is 456 g/mol. The predicted octanol–water partition coefficient (Wildman–Crippen LogP) is 4.82. The van der Waals surface area contributed by atoms with Crippen molar-refractivity contribution < 1.29 is 14.3 Å². The molecule has 0 bridgehead atoms. The maximum Gasteiger partial charge on any atom is 0.261 e. The van der Waals surface area contributed by atoms with Crippen LogP contribution in [0.2, 0.25) is 0 Å². The van der Waals surface area contributed by atoms with E-state index in [0.29, 0.717) is 25.1 Å². The average molecular weight is 489 g/mol. The lowest BCUT2D eigenvalue weighted by Gasteiger charge is -2.31. The maximum absolute atomic E-state index is 13.2. The number of hydrogen-bond donors (Lipinski definition) is 1. The number of hydrogen-bond acceptors (Lipinski definition) is 3. The van der Waals surface area contributed by atoms with E-state index in [1.807, 2.05) is 77.1 Å². The monoisotopic (exact) mass is 488 g/mol. The second-order valence-corrected chi connectivity index (χ2v) is 8.86. The van der Waals surface area contributed by atoms with Gasteiger partial charge in [-0.25, -0.2) is 0 Å². The van der Waals surface area contributed by atoms with Gasteiger partial charge in [-0.2, -0.15) is 0 Å². The summed E-state index contributed by atoms with van der Waals surface area (Å²) in [7, 11) is 0. The van der Waals surface area contributed by atoms with Crippen molar-refractivity contribution in [3.05, 3.63) is 63.6 Å². The van der Waals surface area contributed by atoms with Gasteiger partial charge in [-0.15, -0.1) is 0 Å². The number of halogens is 1. The van der Waals surface area contributed by atoms with Gasteiger partial charge < -0.3 is 15.0 Å². The van der Waals surface area contributed by atoms with E-state index in [2.05, 4.69) is 21.2 Å². The van der Waals surface area contributed by atoms with Crippen molar-refractivity contribution in [1.82, 2.24) is 10.2 Å². The molecule has 0 saturated heterocycles. The summed E-state index contributed by atoms with van der Waals surface area (Å²) in [5, 5.41) is 2.94. The third-order valence-electron chi connectivity index (χ3n) is 5.07. The van der Waals surface area contributed by atoms with Gasteiger partial charge in [0.25, 0.3) is 5.91 Å². The Hall–Kier alpha value is -2.34. The van der Waals surface area contributed by atoms with Gasteiger partial charge >= 0.3 is 0 Å². The fourth-order valence-corrected chi connectivity index (χ4v) is 3.72. The Morgan fingerprint density at radius 2 is 1.71 bits per heavy atom. The van der Waals surface area contributed by atoms with Gasteiger partial charge in [-0.3, -0.25) is 9.59 Å². The Morgan fingerprint density at radius 3 is 2.26 bits per heavy atom. The first-order chi connectivity index (χ1) is 14.7. The zero-order chi connectivity index (χ0) is 23.0. The molecule has 2 rings (SSSR count). The molecule has 1 atom stereocenters. The van der Waals surface area contributed by atoms with Crippen molar-refractivity contribution >= 4 is 27.7 Å². The molecule has 168 valence electrons. The summed E-state index contributed by atoms with van der Waals surface area (Å²) < 4.78 is 6.86. The molecule has 0 spiro atoms. The fraction of sp³-hybridized carbons (Fsp3) is 0.440. The fourth-order valence-electron chi connectivity index (χ4n) is 3.49. The molecule has 31 heavy (non-hydrogen) atoms.